The van der Waals surface area contributed by atoms with Crippen LogP contribution in [0.1, 0.15) is 35.7 Å². The van der Waals surface area contributed by atoms with Crippen LogP contribution in [0.4, 0.5) is 0 Å². The van der Waals surface area contributed by atoms with Crippen LogP contribution in [-0.4, -0.2) is 18.2 Å². The Balaban J connectivity index is 2.70. The van der Waals surface area contributed by atoms with E-state index in [1.165, 1.54) is 7.11 Å². The SMILES string of the molecule is COC(=O)c1c(O)cc2cccc(C(C)C)cc1-2. The minimum atomic E-state index is -0.511. The van der Waals surface area contributed by atoms with Gasteiger partial charge in [-0.2, -0.15) is 0 Å². The second-order valence-electron chi connectivity index (χ2n) is 4.59. The molecule has 0 aromatic heterocycles. The highest BCUT2D eigenvalue weighted by Gasteiger charge is 2.22. The van der Waals surface area contributed by atoms with Gasteiger partial charge in [0.05, 0.1) is 7.11 Å². The second-order valence-corrected chi connectivity index (χ2v) is 4.59. The van der Waals surface area contributed by atoms with Crippen LogP contribution in [0.3, 0.4) is 0 Å². The van der Waals surface area contributed by atoms with Gasteiger partial charge >= 0.3 is 5.97 Å². The van der Waals surface area contributed by atoms with Crippen LogP contribution < -0.4 is 0 Å². The molecule has 2 aliphatic rings. The third-order valence-corrected chi connectivity index (χ3v) is 3.06. The van der Waals surface area contributed by atoms with Crippen molar-refractivity contribution in [3.8, 4) is 16.9 Å². The van der Waals surface area contributed by atoms with Gasteiger partial charge in [0, 0.05) is 5.56 Å². The van der Waals surface area contributed by atoms with E-state index >= 15 is 0 Å². The van der Waals surface area contributed by atoms with Gasteiger partial charge in [0.15, 0.2) is 0 Å². The fraction of sp³-hybridized carbons (Fsp3) is 0.267. The zero-order valence-electron chi connectivity index (χ0n) is 10.7. The van der Waals surface area contributed by atoms with E-state index in [1.54, 1.807) is 6.07 Å². The molecule has 0 saturated carbocycles. The molecule has 3 nitrogen and oxygen atoms in total. The zero-order chi connectivity index (χ0) is 13.3. The van der Waals surface area contributed by atoms with Crippen molar-refractivity contribution in [1.29, 1.82) is 0 Å². The van der Waals surface area contributed by atoms with E-state index in [4.69, 9.17) is 4.74 Å². The summed E-state index contributed by atoms with van der Waals surface area (Å²) in [5, 5.41) is 9.85. The lowest BCUT2D eigenvalue weighted by molar-refractivity contribution is 0.0599. The number of ether oxygens (including phenoxy) is 1. The van der Waals surface area contributed by atoms with Crippen LogP contribution in [0.2, 0.25) is 0 Å². The average Bonchev–Trinajstić information content (AvgIpc) is 2.50. The number of fused-ring (bicyclic) bond motifs is 1. The molecule has 3 heteroatoms. The van der Waals surface area contributed by atoms with Crippen LogP contribution >= 0.6 is 0 Å². The van der Waals surface area contributed by atoms with E-state index in [9.17, 15) is 9.90 Å². The van der Waals surface area contributed by atoms with Gasteiger partial charge in [-0.15, -0.1) is 0 Å². The summed E-state index contributed by atoms with van der Waals surface area (Å²) in [6, 6.07) is 9.35. The van der Waals surface area contributed by atoms with Crippen molar-refractivity contribution in [2.75, 3.05) is 7.11 Å². The Morgan fingerprint density at radius 2 is 2.00 bits per heavy atom. The standard InChI is InChI=1S/C15H16O3/c1-9(2)10-5-4-6-11-8-13(16)14(12(11)7-10)15(17)18-3/h4-9,16H,1-3H3. The highest BCUT2D eigenvalue weighted by molar-refractivity contribution is 6.02. The molecule has 0 aromatic carbocycles. The van der Waals surface area contributed by atoms with Crippen LogP contribution in [0.15, 0.2) is 30.3 Å². The normalized spacial score (nSPS) is 10.9. The van der Waals surface area contributed by atoms with Gasteiger partial charge in [-0.3, -0.25) is 0 Å². The lowest BCUT2D eigenvalue weighted by Gasteiger charge is -2.04. The van der Waals surface area contributed by atoms with Crippen LogP contribution in [0.25, 0.3) is 11.1 Å². The Bertz CT molecular complexity index is 558. The molecule has 18 heavy (non-hydrogen) atoms. The predicted octanol–water partition coefficient (Wildman–Crippen LogP) is 3.41. The molecular formula is C15H16O3. The minimum Gasteiger partial charge on any atom is -0.507 e. The monoisotopic (exact) mass is 244 g/mol. The molecule has 1 N–H and O–H groups in total. The number of rotatable bonds is 2. The molecule has 0 radical (unpaired) electrons. The van der Waals surface area contributed by atoms with Crippen LogP contribution in [-0.2, 0) is 4.74 Å². The number of esters is 1. The second kappa shape index (κ2) is 4.69. The maximum Gasteiger partial charge on any atom is 0.342 e. The van der Waals surface area contributed by atoms with Crippen molar-refractivity contribution in [1.82, 2.24) is 0 Å². The number of hydrogen-bond acceptors (Lipinski definition) is 3. The first-order valence-corrected chi connectivity index (χ1v) is 5.88. The molecule has 0 aliphatic heterocycles. The summed E-state index contributed by atoms with van der Waals surface area (Å²) < 4.78 is 4.72. The summed E-state index contributed by atoms with van der Waals surface area (Å²) >= 11 is 0. The van der Waals surface area contributed by atoms with Gasteiger partial charge in [0.25, 0.3) is 0 Å². The Morgan fingerprint density at radius 1 is 1.28 bits per heavy atom. The van der Waals surface area contributed by atoms with E-state index in [0.717, 1.165) is 16.7 Å². The predicted molar refractivity (Wildman–Crippen MR) is 70.2 cm³/mol. The molecular weight excluding hydrogens is 228 g/mol. The molecule has 0 atom stereocenters. The maximum atomic E-state index is 11.7. The Labute approximate surface area is 106 Å². The summed E-state index contributed by atoms with van der Waals surface area (Å²) in [4.78, 5) is 11.7. The van der Waals surface area contributed by atoms with E-state index in [0.29, 0.717) is 5.92 Å². The summed E-state index contributed by atoms with van der Waals surface area (Å²) in [5.74, 6) is -0.190. The molecule has 0 spiro atoms. The van der Waals surface area contributed by atoms with Crippen molar-refractivity contribution < 1.29 is 14.6 Å². The first kappa shape index (κ1) is 12.4. The minimum absolute atomic E-state index is 0.0299. The highest BCUT2D eigenvalue weighted by atomic mass is 16.5. The molecule has 94 valence electrons. The maximum absolute atomic E-state index is 11.7. The molecule has 2 aliphatic carbocycles. The smallest absolute Gasteiger partial charge is 0.342 e. The molecule has 2 rings (SSSR count). The molecule has 0 amide bonds. The van der Waals surface area contributed by atoms with Gasteiger partial charge in [0.2, 0.25) is 0 Å². The summed E-state index contributed by atoms with van der Waals surface area (Å²) in [6.07, 6.45) is 0. The summed E-state index contributed by atoms with van der Waals surface area (Å²) in [5.41, 5.74) is 2.92. The molecule has 0 heterocycles. The third-order valence-electron chi connectivity index (χ3n) is 3.06. The average molecular weight is 244 g/mol. The van der Waals surface area contributed by atoms with Gasteiger partial charge in [-0.25, -0.2) is 4.79 Å². The van der Waals surface area contributed by atoms with Crippen molar-refractivity contribution in [3.05, 3.63) is 41.5 Å². The summed E-state index contributed by atoms with van der Waals surface area (Å²) in [6.45, 7) is 4.17. The van der Waals surface area contributed by atoms with Gasteiger partial charge in [-0.05, 0) is 29.2 Å². The van der Waals surface area contributed by atoms with Crippen molar-refractivity contribution in [2.45, 2.75) is 19.8 Å². The number of methoxy groups -OCH3 is 1. The topological polar surface area (TPSA) is 46.5 Å². The fourth-order valence-corrected chi connectivity index (χ4v) is 2.03. The van der Waals surface area contributed by atoms with E-state index < -0.39 is 5.97 Å². The summed E-state index contributed by atoms with van der Waals surface area (Å²) in [7, 11) is 1.31. The number of aromatic hydroxyl groups is 1. The molecule has 0 fully saturated rings. The number of hydrogen-bond donors (Lipinski definition) is 1. The molecule has 0 unspecified atom stereocenters. The fourth-order valence-electron chi connectivity index (χ4n) is 2.03. The first-order valence-electron chi connectivity index (χ1n) is 5.88. The van der Waals surface area contributed by atoms with Crippen molar-refractivity contribution in [3.63, 3.8) is 0 Å². The lowest BCUT2D eigenvalue weighted by atomic mass is 10.0. The Hall–Kier alpha value is -2.03. The van der Waals surface area contributed by atoms with E-state index in [2.05, 4.69) is 13.8 Å². The third kappa shape index (κ3) is 2.04. The van der Waals surface area contributed by atoms with Gasteiger partial charge in [-0.1, -0.05) is 32.0 Å². The van der Waals surface area contributed by atoms with E-state index in [1.807, 2.05) is 24.3 Å². The van der Waals surface area contributed by atoms with Gasteiger partial charge < -0.3 is 9.84 Å². The van der Waals surface area contributed by atoms with Crippen LogP contribution in [0.5, 0.6) is 5.75 Å². The van der Waals surface area contributed by atoms with Crippen molar-refractivity contribution in [2.24, 2.45) is 0 Å². The molecule has 0 bridgehead atoms. The highest BCUT2D eigenvalue weighted by Crippen LogP contribution is 2.37. The number of carbonyl (C=O) groups excluding carboxylic acids is 1. The van der Waals surface area contributed by atoms with Crippen LogP contribution in [0, 0.1) is 0 Å². The first-order chi connectivity index (χ1) is 8.54. The zero-order valence-corrected chi connectivity index (χ0v) is 10.7. The van der Waals surface area contributed by atoms with Gasteiger partial charge in [0.1, 0.15) is 11.3 Å². The quantitative estimate of drug-likeness (QED) is 0.823. The Kier molecular flexibility index (Phi) is 3.24. The number of carbonyl (C=O) groups is 1. The lowest BCUT2D eigenvalue weighted by Crippen LogP contribution is -2.01. The molecule has 0 saturated heterocycles. The molecule has 0 aromatic rings. The Morgan fingerprint density at radius 3 is 2.61 bits per heavy atom. The van der Waals surface area contributed by atoms with Crippen molar-refractivity contribution >= 4 is 5.97 Å². The largest absolute Gasteiger partial charge is 0.507 e. The van der Waals surface area contributed by atoms with E-state index in [-0.39, 0.29) is 11.3 Å².